The molecule has 102 valence electrons. The number of rotatable bonds is 3. The van der Waals surface area contributed by atoms with Gasteiger partial charge in [-0.1, -0.05) is 0 Å². The van der Waals surface area contributed by atoms with Crippen LogP contribution in [0.5, 0.6) is 0 Å². The summed E-state index contributed by atoms with van der Waals surface area (Å²) >= 11 is 1.48. The van der Waals surface area contributed by atoms with E-state index < -0.39 is 0 Å². The summed E-state index contributed by atoms with van der Waals surface area (Å²) in [6.45, 7) is 9.94. The van der Waals surface area contributed by atoms with Gasteiger partial charge in [-0.3, -0.25) is 14.8 Å². The van der Waals surface area contributed by atoms with Gasteiger partial charge in [-0.2, -0.15) is 5.10 Å². The van der Waals surface area contributed by atoms with Gasteiger partial charge < -0.3 is 0 Å². The maximum absolute atomic E-state index is 12.1. The summed E-state index contributed by atoms with van der Waals surface area (Å²) in [7, 11) is 0. The van der Waals surface area contributed by atoms with E-state index in [1.807, 2.05) is 39.3 Å². The highest BCUT2D eigenvalue weighted by Gasteiger charge is 2.15. The number of amides is 1. The molecule has 0 saturated heterocycles. The second-order valence-electron chi connectivity index (χ2n) is 4.82. The van der Waals surface area contributed by atoms with E-state index in [9.17, 15) is 4.79 Å². The van der Waals surface area contributed by atoms with Gasteiger partial charge in [-0.25, -0.2) is 4.98 Å². The molecule has 0 aliphatic heterocycles. The maximum Gasteiger partial charge on any atom is 0.277 e. The van der Waals surface area contributed by atoms with Gasteiger partial charge in [0.15, 0.2) is 10.8 Å². The van der Waals surface area contributed by atoms with E-state index in [4.69, 9.17) is 0 Å². The lowest BCUT2D eigenvalue weighted by atomic mass is 10.3. The van der Waals surface area contributed by atoms with Crippen LogP contribution < -0.4 is 5.32 Å². The molecule has 2 aromatic rings. The van der Waals surface area contributed by atoms with Crippen molar-refractivity contribution >= 4 is 22.4 Å². The molecule has 6 heteroatoms. The molecule has 2 heterocycles. The molecule has 5 nitrogen and oxygen atoms in total. The Morgan fingerprint density at radius 3 is 2.53 bits per heavy atom. The molecule has 0 radical (unpaired) electrons. The van der Waals surface area contributed by atoms with Crippen LogP contribution in [-0.4, -0.2) is 20.7 Å². The zero-order valence-corrected chi connectivity index (χ0v) is 12.6. The molecule has 0 fully saturated rings. The third-order valence-electron chi connectivity index (χ3n) is 2.89. The molecule has 1 amide bonds. The second kappa shape index (κ2) is 5.13. The number of nitrogens with zero attached hydrogens (tertiary/aromatic N) is 3. The molecule has 19 heavy (non-hydrogen) atoms. The Morgan fingerprint density at radius 2 is 2.05 bits per heavy atom. The monoisotopic (exact) mass is 278 g/mol. The van der Waals surface area contributed by atoms with Gasteiger partial charge in [0.25, 0.3) is 5.91 Å². The summed E-state index contributed by atoms with van der Waals surface area (Å²) in [5, 5.41) is 7.73. The molecule has 2 rings (SSSR count). The lowest BCUT2D eigenvalue weighted by Gasteiger charge is -2.06. The van der Waals surface area contributed by atoms with Crippen LogP contribution in [0.15, 0.2) is 6.07 Å². The molecule has 0 spiro atoms. The Kier molecular flexibility index (Phi) is 3.71. The van der Waals surface area contributed by atoms with Crippen LogP contribution in [0.25, 0.3) is 0 Å². The largest absolute Gasteiger partial charge is 0.296 e. The number of aryl methyl sites for hydroxylation is 3. The van der Waals surface area contributed by atoms with E-state index in [1.54, 1.807) is 6.07 Å². The van der Waals surface area contributed by atoms with Crippen molar-refractivity contribution in [2.24, 2.45) is 0 Å². The highest BCUT2D eigenvalue weighted by atomic mass is 32.1. The van der Waals surface area contributed by atoms with Gasteiger partial charge in [0.1, 0.15) is 0 Å². The van der Waals surface area contributed by atoms with E-state index in [0.717, 1.165) is 16.3 Å². The third kappa shape index (κ3) is 2.84. The van der Waals surface area contributed by atoms with Crippen molar-refractivity contribution in [3.05, 3.63) is 28.0 Å². The predicted molar refractivity (Wildman–Crippen MR) is 76.9 cm³/mol. The first-order valence-electron chi connectivity index (χ1n) is 6.20. The minimum absolute atomic E-state index is 0.212. The Bertz CT molecular complexity index is 593. The normalized spacial score (nSPS) is 11.1. The Morgan fingerprint density at radius 1 is 1.37 bits per heavy atom. The highest BCUT2D eigenvalue weighted by molar-refractivity contribution is 7.15. The summed E-state index contributed by atoms with van der Waals surface area (Å²) in [5.74, 6) is -0.212. The first-order chi connectivity index (χ1) is 8.88. The summed E-state index contributed by atoms with van der Waals surface area (Å²) in [6.07, 6.45) is 0. The average Bonchev–Trinajstić information content (AvgIpc) is 2.83. The van der Waals surface area contributed by atoms with Gasteiger partial charge in [0.2, 0.25) is 0 Å². The zero-order valence-electron chi connectivity index (χ0n) is 11.8. The number of hydrogen-bond acceptors (Lipinski definition) is 4. The van der Waals surface area contributed by atoms with Crippen molar-refractivity contribution in [1.29, 1.82) is 0 Å². The van der Waals surface area contributed by atoms with Crippen molar-refractivity contribution in [2.75, 3.05) is 5.32 Å². The summed E-state index contributed by atoms with van der Waals surface area (Å²) in [5.41, 5.74) is 2.35. The molecular weight excluding hydrogens is 260 g/mol. The molecule has 0 aliphatic carbocycles. The number of hydrogen-bond donors (Lipinski definition) is 1. The molecule has 0 saturated carbocycles. The van der Waals surface area contributed by atoms with E-state index in [2.05, 4.69) is 15.4 Å². The van der Waals surface area contributed by atoms with E-state index in [0.29, 0.717) is 10.8 Å². The van der Waals surface area contributed by atoms with Gasteiger partial charge in [-0.15, -0.1) is 11.3 Å². The first-order valence-corrected chi connectivity index (χ1v) is 7.01. The van der Waals surface area contributed by atoms with Gasteiger partial charge in [0.05, 0.1) is 5.69 Å². The standard InChI is InChI=1S/C13H18N4OS/c1-7(2)17-8(3)6-11(16-17)12(18)15-13-14-9(4)10(5)19-13/h6-7H,1-5H3,(H,14,15,18). The molecule has 0 aromatic carbocycles. The number of carbonyl (C=O) groups is 1. The number of thiazole rings is 1. The third-order valence-corrected chi connectivity index (χ3v) is 3.88. The number of anilines is 1. The Labute approximate surface area is 116 Å². The highest BCUT2D eigenvalue weighted by Crippen LogP contribution is 2.21. The number of aromatic nitrogens is 3. The minimum atomic E-state index is -0.212. The zero-order chi connectivity index (χ0) is 14.2. The van der Waals surface area contributed by atoms with E-state index in [-0.39, 0.29) is 11.9 Å². The van der Waals surface area contributed by atoms with E-state index >= 15 is 0 Å². The topological polar surface area (TPSA) is 59.8 Å². The lowest BCUT2D eigenvalue weighted by Crippen LogP contribution is -2.13. The van der Waals surface area contributed by atoms with Crippen LogP contribution in [0.1, 0.15) is 46.6 Å². The first kappa shape index (κ1) is 13.7. The molecule has 2 aromatic heterocycles. The fraction of sp³-hybridized carbons (Fsp3) is 0.462. The van der Waals surface area contributed by atoms with Crippen LogP contribution in [0.2, 0.25) is 0 Å². The van der Waals surface area contributed by atoms with E-state index in [1.165, 1.54) is 11.3 Å². The van der Waals surface area contributed by atoms with Gasteiger partial charge >= 0.3 is 0 Å². The second-order valence-corrected chi connectivity index (χ2v) is 6.03. The van der Waals surface area contributed by atoms with Crippen molar-refractivity contribution in [3.63, 3.8) is 0 Å². The molecule has 1 N–H and O–H groups in total. The fourth-order valence-electron chi connectivity index (χ4n) is 1.81. The van der Waals surface area contributed by atoms with Crippen LogP contribution in [-0.2, 0) is 0 Å². The van der Waals surface area contributed by atoms with Crippen molar-refractivity contribution < 1.29 is 4.79 Å². The number of nitrogens with one attached hydrogen (secondary N) is 1. The van der Waals surface area contributed by atoms with Crippen LogP contribution >= 0.6 is 11.3 Å². The summed E-state index contributed by atoms with van der Waals surface area (Å²) < 4.78 is 1.84. The van der Waals surface area contributed by atoms with Crippen LogP contribution in [0, 0.1) is 20.8 Å². The SMILES string of the molecule is Cc1nc(NC(=O)c2cc(C)n(C(C)C)n2)sc1C. The quantitative estimate of drug-likeness (QED) is 0.938. The molecular formula is C13H18N4OS. The van der Waals surface area contributed by atoms with Gasteiger partial charge in [0, 0.05) is 16.6 Å². The van der Waals surface area contributed by atoms with Crippen molar-refractivity contribution in [3.8, 4) is 0 Å². The van der Waals surface area contributed by atoms with Crippen LogP contribution in [0.3, 0.4) is 0 Å². The van der Waals surface area contributed by atoms with Crippen molar-refractivity contribution in [2.45, 2.75) is 40.7 Å². The minimum Gasteiger partial charge on any atom is -0.296 e. The van der Waals surface area contributed by atoms with Gasteiger partial charge in [-0.05, 0) is 40.7 Å². The lowest BCUT2D eigenvalue weighted by molar-refractivity contribution is 0.102. The Balaban J connectivity index is 2.18. The predicted octanol–water partition coefficient (Wildman–Crippen LogP) is 3.10. The fourth-order valence-corrected chi connectivity index (χ4v) is 2.62. The molecule has 0 atom stereocenters. The number of carbonyl (C=O) groups excluding carboxylic acids is 1. The maximum atomic E-state index is 12.1. The molecule has 0 unspecified atom stereocenters. The molecule has 0 bridgehead atoms. The van der Waals surface area contributed by atoms with Crippen molar-refractivity contribution in [1.82, 2.24) is 14.8 Å². The average molecular weight is 278 g/mol. The Hall–Kier alpha value is -1.69. The van der Waals surface area contributed by atoms with Crippen LogP contribution in [0.4, 0.5) is 5.13 Å². The smallest absolute Gasteiger partial charge is 0.277 e. The summed E-state index contributed by atoms with van der Waals surface area (Å²) in [4.78, 5) is 17.5. The summed E-state index contributed by atoms with van der Waals surface area (Å²) in [6, 6.07) is 2.04. The molecule has 0 aliphatic rings.